The smallest absolute Gasteiger partial charge is 0.315 e. The Morgan fingerprint density at radius 3 is 2.79 bits per heavy atom. The van der Waals surface area contributed by atoms with E-state index in [-0.39, 0.29) is 11.7 Å². The van der Waals surface area contributed by atoms with Crippen LogP contribution in [0, 0.1) is 0 Å². The van der Waals surface area contributed by atoms with E-state index < -0.39 is 0 Å². The molecule has 1 heterocycles. The van der Waals surface area contributed by atoms with Gasteiger partial charge in [-0.3, -0.25) is 4.79 Å². The van der Waals surface area contributed by atoms with Crippen LogP contribution in [0.2, 0.25) is 0 Å². The average molecular weight is 220 g/mol. The minimum atomic E-state index is -0.231. The zero-order chi connectivity index (χ0) is 10.2. The summed E-state index contributed by atoms with van der Waals surface area (Å²) in [6, 6.07) is 0. The van der Waals surface area contributed by atoms with Gasteiger partial charge in [0.15, 0.2) is 0 Å². The van der Waals surface area contributed by atoms with Crippen molar-refractivity contribution in [1.82, 2.24) is 0 Å². The summed E-state index contributed by atoms with van der Waals surface area (Å²) < 4.78 is 10.2. The zero-order valence-electron chi connectivity index (χ0n) is 8.33. The first-order chi connectivity index (χ1) is 6.83. The molecule has 1 aliphatic heterocycles. The van der Waals surface area contributed by atoms with Gasteiger partial charge in [-0.05, 0) is 0 Å². The molecule has 1 rings (SSSR count). The van der Waals surface area contributed by atoms with Crippen LogP contribution >= 0.6 is 12.6 Å². The maximum Gasteiger partial charge on any atom is 0.315 e. The Balaban J connectivity index is 1.94. The molecule has 1 fully saturated rings. The number of thiol groups is 1. The average Bonchev–Trinajstić information content (AvgIpc) is 2.25. The predicted octanol–water partition coefficient (Wildman–Crippen LogP) is -1.24. The molecule has 0 saturated carbocycles. The van der Waals surface area contributed by atoms with Crippen LogP contribution in [0.25, 0.3) is 0 Å². The Hall–Kier alpha value is -0.260. The van der Waals surface area contributed by atoms with Crippen molar-refractivity contribution < 1.29 is 19.2 Å². The molecule has 1 aliphatic rings. The number of ether oxygens (including phenoxy) is 2. The highest BCUT2D eigenvalue weighted by molar-refractivity contribution is 7.81. The van der Waals surface area contributed by atoms with Gasteiger partial charge in [0.25, 0.3) is 0 Å². The van der Waals surface area contributed by atoms with E-state index in [4.69, 9.17) is 9.47 Å². The molecule has 14 heavy (non-hydrogen) atoms. The second-order valence-corrected chi connectivity index (χ2v) is 3.66. The molecule has 82 valence electrons. The lowest BCUT2D eigenvalue weighted by molar-refractivity contribution is -0.908. The number of hydrogen-bond acceptors (Lipinski definition) is 4. The predicted molar refractivity (Wildman–Crippen MR) is 55.8 cm³/mol. The van der Waals surface area contributed by atoms with Crippen molar-refractivity contribution in [3.63, 3.8) is 0 Å². The highest BCUT2D eigenvalue weighted by Gasteiger charge is 2.12. The number of morpholine rings is 1. The molecule has 0 aromatic carbocycles. The van der Waals surface area contributed by atoms with Crippen molar-refractivity contribution in [2.75, 3.05) is 45.2 Å². The number of carbonyl (C=O) groups excluding carboxylic acids is 1. The molecule has 0 radical (unpaired) electrons. The van der Waals surface area contributed by atoms with E-state index in [1.54, 1.807) is 0 Å². The third kappa shape index (κ3) is 4.83. The number of carbonyl (C=O) groups is 1. The Morgan fingerprint density at radius 1 is 1.43 bits per heavy atom. The molecule has 0 amide bonds. The van der Waals surface area contributed by atoms with Crippen LogP contribution in [0.15, 0.2) is 0 Å². The topological polar surface area (TPSA) is 40.0 Å². The summed E-state index contributed by atoms with van der Waals surface area (Å²) in [7, 11) is 0. The lowest BCUT2D eigenvalue weighted by Crippen LogP contribution is -3.14. The Bertz CT molecular complexity index is 171. The normalized spacial score (nSPS) is 18.1. The summed E-state index contributed by atoms with van der Waals surface area (Å²) in [5.41, 5.74) is 0. The van der Waals surface area contributed by atoms with Crippen LogP contribution in [0.1, 0.15) is 6.42 Å². The first-order valence-electron chi connectivity index (χ1n) is 5.00. The summed E-state index contributed by atoms with van der Waals surface area (Å²) in [6.07, 6.45) is 0.925. The number of hydrogen-bond donors (Lipinski definition) is 2. The monoisotopic (exact) mass is 220 g/mol. The van der Waals surface area contributed by atoms with Gasteiger partial charge in [-0.2, -0.15) is 12.6 Å². The van der Waals surface area contributed by atoms with E-state index in [9.17, 15) is 4.79 Å². The molecule has 0 atom stereocenters. The van der Waals surface area contributed by atoms with Gasteiger partial charge >= 0.3 is 5.97 Å². The van der Waals surface area contributed by atoms with Crippen molar-refractivity contribution in [3.05, 3.63) is 0 Å². The van der Waals surface area contributed by atoms with E-state index in [1.807, 2.05) is 0 Å². The van der Waals surface area contributed by atoms with Gasteiger partial charge in [0.2, 0.25) is 0 Å². The Kier molecular flexibility index (Phi) is 5.98. The van der Waals surface area contributed by atoms with E-state index >= 15 is 0 Å². The van der Waals surface area contributed by atoms with Crippen molar-refractivity contribution >= 4 is 18.6 Å². The molecular formula is C9H18NO3S+. The molecule has 1 N–H and O–H groups in total. The third-order valence-electron chi connectivity index (χ3n) is 2.27. The maximum absolute atomic E-state index is 10.7. The Morgan fingerprint density at radius 2 is 2.14 bits per heavy atom. The first-order valence-corrected chi connectivity index (χ1v) is 5.64. The van der Waals surface area contributed by atoms with Gasteiger partial charge in [0, 0.05) is 6.42 Å². The molecule has 5 heteroatoms. The van der Waals surface area contributed by atoms with Crippen LogP contribution in [-0.4, -0.2) is 51.2 Å². The third-order valence-corrected chi connectivity index (χ3v) is 2.52. The fourth-order valence-electron chi connectivity index (χ4n) is 1.46. The SMILES string of the molecule is O=C(CS)OCCC[NH+]1CCOCC1. The van der Waals surface area contributed by atoms with Gasteiger partial charge in [-0.25, -0.2) is 0 Å². The molecule has 0 spiro atoms. The standard InChI is InChI=1S/C9H17NO3S/c11-9(8-14)13-5-1-2-10-3-6-12-7-4-10/h14H,1-8H2/p+1. The van der Waals surface area contributed by atoms with E-state index in [2.05, 4.69) is 12.6 Å². The largest absolute Gasteiger partial charge is 0.465 e. The molecule has 0 aromatic rings. The fraction of sp³-hybridized carbons (Fsp3) is 0.889. The fourth-order valence-corrected chi connectivity index (χ4v) is 1.56. The van der Waals surface area contributed by atoms with Crippen LogP contribution in [0.3, 0.4) is 0 Å². The first kappa shape index (κ1) is 11.8. The number of nitrogens with one attached hydrogen (secondary N) is 1. The van der Waals surface area contributed by atoms with Crippen LogP contribution in [0.4, 0.5) is 0 Å². The van der Waals surface area contributed by atoms with Gasteiger partial charge < -0.3 is 14.4 Å². The van der Waals surface area contributed by atoms with Gasteiger partial charge in [0.05, 0.1) is 32.1 Å². The minimum Gasteiger partial charge on any atom is -0.465 e. The van der Waals surface area contributed by atoms with E-state index in [0.29, 0.717) is 6.61 Å². The van der Waals surface area contributed by atoms with Crippen molar-refractivity contribution in [1.29, 1.82) is 0 Å². The number of rotatable bonds is 5. The summed E-state index contributed by atoms with van der Waals surface area (Å²) in [5.74, 6) is -0.0602. The highest BCUT2D eigenvalue weighted by Crippen LogP contribution is 1.85. The molecule has 4 nitrogen and oxygen atoms in total. The quantitative estimate of drug-likeness (QED) is 0.346. The van der Waals surface area contributed by atoms with Gasteiger partial charge in [-0.1, -0.05) is 0 Å². The lowest BCUT2D eigenvalue weighted by atomic mass is 10.3. The van der Waals surface area contributed by atoms with Crippen LogP contribution in [-0.2, 0) is 14.3 Å². The molecule has 0 aromatic heterocycles. The summed E-state index contributed by atoms with van der Waals surface area (Å²) >= 11 is 3.82. The lowest BCUT2D eigenvalue weighted by Gasteiger charge is -2.23. The molecule has 1 saturated heterocycles. The van der Waals surface area contributed by atoms with Crippen LogP contribution in [0.5, 0.6) is 0 Å². The molecular weight excluding hydrogens is 202 g/mol. The van der Waals surface area contributed by atoms with E-state index in [1.165, 1.54) is 4.90 Å². The molecule has 0 aliphatic carbocycles. The van der Waals surface area contributed by atoms with Crippen LogP contribution < -0.4 is 4.90 Å². The summed E-state index contributed by atoms with van der Waals surface area (Å²) in [5, 5.41) is 0. The number of quaternary nitrogens is 1. The van der Waals surface area contributed by atoms with Crippen molar-refractivity contribution in [2.24, 2.45) is 0 Å². The van der Waals surface area contributed by atoms with Crippen molar-refractivity contribution in [3.8, 4) is 0 Å². The summed E-state index contributed by atoms with van der Waals surface area (Å²) in [4.78, 5) is 12.3. The van der Waals surface area contributed by atoms with Gasteiger partial charge in [-0.15, -0.1) is 0 Å². The maximum atomic E-state index is 10.7. The number of esters is 1. The Labute approximate surface area is 90.0 Å². The highest BCUT2D eigenvalue weighted by atomic mass is 32.1. The van der Waals surface area contributed by atoms with Gasteiger partial charge in [0.1, 0.15) is 13.1 Å². The second kappa shape index (κ2) is 7.09. The second-order valence-electron chi connectivity index (χ2n) is 3.34. The molecule has 0 unspecified atom stereocenters. The molecule has 0 bridgehead atoms. The zero-order valence-corrected chi connectivity index (χ0v) is 9.22. The summed E-state index contributed by atoms with van der Waals surface area (Å²) in [6.45, 7) is 5.42. The minimum absolute atomic E-state index is 0.171. The van der Waals surface area contributed by atoms with E-state index in [0.717, 1.165) is 39.3 Å². The van der Waals surface area contributed by atoms with Crippen molar-refractivity contribution in [2.45, 2.75) is 6.42 Å².